The van der Waals surface area contributed by atoms with E-state index in [4.69, 9.17) is 32.9 Å². The first-order valence-corrected chi connectivity index (χ1v) is 10.3. The highest BCUT2D eigenvalue weighted by atomic mass is 35.5. The number of hydrogen-bond acceptors (Lipinski definition) is 5. The lowest BCUT2D eigenvalue weighted by atomic mass is 10.2. The van der Waals surface area contributed by atoms with Gasteiger partial charge in [0.1, 0.15) is 11.3 Å². The molecule has 0 aliphatic rings. The van der Waals surface area contributed by atoms with Gasteiger partial charge in [0, 0.05) is 22.2 Å². The molecule has 0 radical (unpaired) electrons. The Labute approximate surface area is 190 Å². The van der Waals surface area contributed by atoms with Crippen LogP contribution in [-0.2, 0) is 0 Å². The highest BCUT2D eigenvalue weighted by molar-refractivity contribution is 7.22. The molecule has 1 aromatic heterocycles. The SMILES string of the molecule is COc1cccc2sc(N(CCCN(C)C)C(=O)c3cc(Cl)cc(Cl)c3)nc12.Cl. The predicted octanol–water partition coefficient (Wildman–Crippen LogP) is 5.63. The van der Waals surface area contributed by atoms with E-state index in [0.29, 0.717) is 33.0 Å². The predicted molar refractivity (Wildman–Crippen MR) is 125 cm³/mol. The average Bonchev–Trinajstić information content (AvgIpc) is 3.07. The van der Waals surface area contributed by atoms with Gasteiger partial charge in [-0.1, -0.05) is 40.6 Å². The maximum absolute atomic E-state index is 13.3. The first-order valence-electron chi connectivity index (χ1n) is 8.75. The Morgan fingerprint density at radius 2 is 1.83 bits per heavy atom. The minimum atomic E-state index is -0.179. The van der Waals surface area contributed by atoms with E-state index in [1.54, 1.807) is 30.2 Å². The molecule has 3 rings (SSSR count). The molecular formula is C20H22Cl3N3O2S. The topological polar surface area (TPSA) is 45.7 Å². The number of halogens is 3. The number of carbonyl (C=O) groups is 1. The van der Waals surface area contributed by atoms with Gasteiger partial charge in [0.25, 0.3) is 5.91 Å². The maximum atomic E-state index is 13.3. The molecule has 0 spiro atoms. The van der Waals surface area contributed by atoms with Crippen molar-refractivity contribution in [3.05, 3.63) is 52.0 Å². The van der Waals surface area contributed by atoms with E-state index < -0.39 is 0 Å². The Morgan fingerprint density at radius 1 is 1.14 bits per heavy atom. The van der Waals surface area contributed by atoms with Gasteiger partial charge in [-0.3, -0.25) is 9.69 Å². The summed E-state index contributed by atoms with van der Waals surface area (Å²) in [6.45, 7) is 1.39. The fourth-order valence-corrected chi connectivity index (χ4v) is 4.39. The molecule has 156 valence electrons. The molecule has 2 aromatic carbocycles. The number of amides is 1. The average molecular weight is 475 g/mol. The molecule has 9 heteroatoms. The summed E-state index contributed by atoms with van der Waals surface area (Å²) in [4.78, 5) is 21.8. The van der Waals surface area contributed by atoms with E-state index in [9.17, 15) is 4.79 Å². The quantitative estimate of drug-likeness (QED) is 0.445. The van der Waals surface area contributed by atoms with Crippen molar-refractivity contribution in [2.24, 2.45) is 0 Å². The Bertz CT molecular complexity index is 974. The van der Waals surface area contributed by atoms with Crippen LogP contribution in [-0.4, -0.2) is 50.1 Å². The van der Waals surface area contributed by atoms with Crippen LogP contribution < -0.4 is 9.64 Å². The van der Waals surface area contributed by atoms with Gasteiger partial charge in [0.15, 0.2) is 5.13 Å². The van der Waals surface area contributed by atoms with Crippen LogP contribution in [0.2, 0.25) is 10.0 Å². The third kappa shape index (κ3) is 5.74. The van der Waals surface area contributed by atoms with E-state index in [-0.39, 0.29) is 18.3 Å². The number of carbonyl (C=O) groups excluding carboxylic acids is 1. The smallest absolute Gasteiger partial charge is 0.260 e. The summed E-state index contributed by atoms with van der Waals surface area (Å²) < 4.78 is 6.37. The van der Waals surface area contributed by atoms with Crippen molar-refractivity contribution < 1.29 is 9.53 Å². The molecule has 1 heterocycles. The minimum Gasteiger partial charge on any atom is -0.494 e. The summed E-state index contributed by atoms with van der Waals surface area (Å²) in [5.41, 5.74) is 1.19. The molecule has 3 aromatic rings. The second-order valence-electron chi connectivity index (χ2n) is 6.58. The van der Waals surface area contributed by atoms with Crippen LogP contribution in [0.1, 0.15) is 16.8 Å². The molecule has 29 heavy (non-hydrogen) atoms. The Kier molecular flexibility index (Phi) is 8.55. The fraction of sp³-hybridized carbons (Fsp3) is 0.300. The monoisotopic (exact) mass is 473 g/mol. The number of ether oxygens (including phenoxy) is 1. The molecule has 0 N–H and O–H groups in total. The summed E-state index contributed by atoms with van der Waals surface area (Å²) in [5.74, 6) is 0.507. The van der Waals surface area contributed by atoms with Gasteiger partial charge in [-0.05, 0) is 57.4 Å². The number of para-hydroxylation sites is 1. The van der Waals surface area contributed by atoms with Crippen LogP contribution in [0.25, 0.3) is 10.2 Å². The molecule has 0 saturated heterocycles. The zero-order valence-corrected chi connectivity index (χ0v) is 19.5. The van der Waals surface area contributed by atoms with Crippen LogP contribution in [0.4, 0.5) is 5.13 Å². The molecule has 0 fully saturated rings. The molecule has 0 bridgehead atoms. The lowest BCUT2D eigenvalue weighted by molar-refractivity contribution is 0.0986. The van der Waals surface area contributed by atoms with Gasteiger partial charge in [-0.25, -0.2) is 4.98 Å². The van der Waals surface area contributed by atoms with E-state index in [2.05, 4.69) is 4.90 Å². The summed E-state index contributed by atoms with van der Waals surface area (Å²) in [7, 11) is 5.62. The third-order valence-corrected chi connectivity index (χ3v) is 5.64. The summed E-state index contributed by atoms with van der Waals surface area (Å²) in [6.07, 6.45) is 0.806. The number of methoxy groups -OCH3 is 1. The Morgan fingerprint density at radius 3 is 2.45 bits per heavy atom. The highest BCUT2D eigenvalue weighted by Crippen LogP contribution is 2.35. The largest absolute Gasteiger partial charge is 0.494 e. The van der Waals surface area contributed by atoms with Gasteiger partial charge < -0.3 is 9.64 Å². The highest BCUT2D eigenvalue weighted by Gasteiger charge is 2.22. The number of aromatic nitrogens is 1. The molecule has 0 aliphatic heterocycles. The van der Waals surface area contributed by atoms with Gasteiger partial charge in [0.05, 0.1) is 11.8 Å². The van der Waals surface area contributed by atoms with Crippen molar-refractivity contribution in [2.45, 2.75) is 6.42 Å². The summed E-state index contributed by atoms with van der Waals surface area (Å²) in [5, 5.41) is 1.48. The number of anilines is 1. The van der Waals surface area contributed by atoms with Gasteiger partial charge >= 0.3 is 0 Å². The first kappa shape index (κ1) is 23.7. The number of benzene rings is 2. The van der Waals surface area contributed by atoms with Crippen molar-refractivity contribution >= 4 is 68.2 Å². The maximum Gasteiger partial charge on any atom is 0.260 e. The molecular weight excluding hydrogens is 453 g/mol. The van der Waals surface area contributed by atoms with Gasteiger partial charge in [0.2, 0.25) is 0 Å². The third-order valence-electron chi connectivity index (χ3n) is 4.16. The number of hydrogen-bond donors (Lipinski definition) is 0. The Hall–Kier alpha value is -1.57. The van der Waals surface area contributed by atoms with Gasteiger partial charge in [-0.2, -0.15) is 0 Å². The molecule has 5 nitrogen and oxygen atoms in total. The van der Waals surface area contributed by atoms with Crippen LogP contribution >= 0.6 is 46.9 Å². The number of nitrogens with zero attached hydrogens (tertiary/aromatic N) is 3. The molecule has 0 aliphatic carbocycles. The summed E-state index contributed by atoms with van der Waals surface area (Å²) >= 11 is 13.7. The van der Waals surface area contributed by atoms with Crippen LogP contribution in [0.3, 0.4) is 0 Å². The van der Waals surface area contributed by atoms with E-state index in [0.717, 1.165) is 23.2 Å². The van der Waals surface area contributed by atoms with Crippen molar-refractivity contribution in [2.75, 3.05) is 39.2 Å². The Balaban J connectivity index is 0.00000300. The molecule has 0 unspecified atom stereocenters. The van der Waals surface area contributed by atoms with Crippen molar-refractivity contribution in [3.63, 3.8) is 0 Å². The zero-order valence-electron chi connectivity index (χ0n) is 16.3. The van der Waals surface area contributed by atoms with E-state index in [1.165, 1.54) is 11.3 Å². The number of thiazole rings is 1. The number of rotatable bonds is 7. The fourth-order valence-electron chi connectivity index (χ4n) is 2.85. The normalized spacial score (nSPS) is 10.8. The summed E-state index contributed by atoms with van der Waals surface area (Å²) in [6, 6.07) is 10.6. The standard InChI is InChI=1S/C20H21Cl2N3O2S.ClH/c1-24(2)8-5-9-25(19(26)13-10-14(21)12-15(22)11-13)20-23-18-16(27-3)6-4-7-17(18)28-20;/h4,6-7,10-12H,5,8-9H2,1-3H3;1H. The number of fused-ring (bicyclic) bond motifs is 1. The lowest BCUT2D eigenvalue weighted by Gasteiger charge is -2.21. The molecule has 0 atom stereocenters. The van der Waals surface area contributed by atoms with Crippen LogP contribution in [0, 0.1) is 0 Å². The zero-order chi connectivity index (χ0) is 20.3. The lowest BCUT2D eigenvalue weighted by Crippen LogP contribution is -2.33. The minimum absolute atomic E-state index is 0. The first-order chi connectivity index (χ1) is 13.4. The van der Waals surface area contributed by atoms with Crippen molar-refractivity contribution in [1.82, 2.24) is 9.88 Å². The van der Waals surface area contributed by atoms with E-state index in [1.807, 2.05) is 32.3 Å². The van der Waals surface area contributed by atoms with Crippen LogP contribution in [0.5, 0.6) is 5.75 Å². The van der Waals surface area contributed by atoms with Gasteiger partial charge in [-0.15, -0.1) is 12.4 Å². The molecule has 0 saturated carbocycles. The van der Waals surface area contributed by atoms with Crippen molar-refractivity contribution in [3.8, 4) is 5.75 Å². The second-order valence-corrected chi connectivity index (χ2v) is 8.46. The molecule has 1 amide bonds. The van der Waals surface area contributed by atoms with Crippen LogP contribution in [0.15, 0.2) is 36.4 Å². The van der Waals surface area contributed by atoms with E-state index >= 15 is 0 Å². The second kappa shape index (κ2) is 10.5. The van der Waals surface area contributed by atoms with Crippen molar-refractivity contribution in [1.29, 1.82) is 0 Å².